The quantitative estimate of drug-likeness (QED) is 0.393. The second-order valence-electron chi connectivity index (χ2n) is 7.35. The molecule has 0 N–H and O–H groups in total. The van der Waals surface area contributed by atoms with Crippen molar-refractivity contribution in [3.05, 3.63) is 71.2 Å². The van der Waals surface area contributed by atoms with Crippen molar-refractivity contribution in [3.8, 4) is 16.3 Å². The molecule has 0 radical (unpaired) electrons. The highest BCUT2D eigenvalue weighted by molar-refractivity contribution is 7.98. The Labute approximate surface area is 189 Å². The summed E-state index contributed by atoms with van der Waals surface area (Å²) in [5.74, 6) is 1.62. The van der Waals surface area contributed by atoms with E-state index in [1.807, 2.05) is 18.2 Å². The van der Waals surface area contributed by atoms with Crippen LogP contribution in [0.5, 0.6) is 0 Å². The SMILES string of the molecule is Cc1ccc(-c2nc(CSc3nnc(N4CCOCC4)n3-c3ccccc3)cs2)cc1. The minimum atomic E-state index is 0.713. The fourth-order valence-corrected chi connectivity index (χ4v) is 5.24. The number of hydrogen-bond donors (Lipinski definition) is 0. The van der Waals surface area contributed by atoms with Crippen LogP contribution in [0.15, 0.2) is 65.1 Å². The van der Waals surface area contributed by atoms with Crippen molar-refractivity contribution in [3.63, 3.8) is 0 Å². The molecule has 4 aromatic rings. The third-order valence-corrected chi connectivity index (χ3v) is 7.03. The molecule has 5 rings (SSSR count). The van der Waals surface area contributed by atoms with Crippen molar-refractivity contribution >= 4 is 29.0 Å². The van der Waals surface area contributed by atoms with Gasteiger partial charge in [-0.3, -0.25) is 4.57 Å². The molecule has 0 aliphatic carbocycles. The lowest BCUT2D eigenvalue weighted by atomic mass is 10.2. The van der Waals surface area contributed by atoms with E-state index in [2.05, 4.69) is 68.4 Å². The van der Waals surface area contributed by atoms with Gasteiger partial charge in [0, 0.05) is 29.8 Å². The monoisotopic (exact) mass is 449 g/mol. The minimum absolute atomic E-state index is 0.713. The summed E-state index contributed by atoms with van der Waals surface area (Å²) in [7, 11) is 0. The number of aryl methyl sites for hydroxylation is 1. The fraction of sp³-hybridized carbons (Fsp3) is 0.261. The molecule has 1 fully saturated rings. The summed E-state index contributed by atoms with van der Waals surface area (Å²) >= 11 is 3.35. The number of rotatable bonds is 6. The van der Waals surface area contributed by atoms with E-state index in [9.17, 15) is 0 Å². The second kappa shape index (κ2) is 9.21. The summed E-state index contributed by atoms with van der Waals surface area (Å²) in [6, 6.07) is 18.8. The van der Waals surface area contributed by atoms with Crippen molar-refractivity contribution in [2.45, 2.75) is 17.8 Å². The molecule has 1 aliphatic rings. The number of thioether (sulfide) groups is 1. The summed E-state index contributed by atoms with van der Waals surface area (Å²) in [5.41, 5.74) is 4.54. The number of anilines is 1. The molecule has 6 nitrogen and oxygen atoms in total. The Hall–Kier alpha value is -2.68. The Morgan fingerprint density at radius 3 is 2.55 bits per heavy atom. The van der Waals surface area contributed by atoms with Crippen LogP contribution in [-0.2, 0) is 10.5 Å². The number of para-hydroxylation sites is 1. The smallest absolute Gasteiger partial charge is 0.232 e. The van der Waals surface area contributed by atoms with Crippen LogP contribution in [0.3, 0.4) is 0 Å². The van der Waals surface area contributed by atoms with E-state index in [-0.39, 0.29) is 0 Å². The first kappa shape index (κ1) is 20.2. The number of morpholine rings is 1. The lowest BCUT2D eigenvalue weighted by molar-refractivity contribution is 0.122. The zero-order chi connectivity index (χ0) is 21.0. The van der Waals surface area contributed by atoms with Crippen LogP contribution in [0.2, 0.25) is 0 Å². The van der Waals surface area contributed by atoms with Gasteiger partial charge in [0.25, 0.3) is 0 Å². The maximum absolute atomic E-state index is 5.51. The van der Waals surface area contributed by atoms with Crippen molar-refractivity contribution in [1.82, 2.24) is 19.7 Å². The lowest BCUT2D eigenvalue weighted by Gasteiger charge is -2.27. The van der Waals surface area contributed by atoms with Crippen LogP contribution in [0.1, 0.15) is 11.3 Å². The highest BCUT2D eigenvalue weighted by Gasteiger charge is 2.22. The predicted octanol–water partition coefficient (Wildman–Crippen LogP) is 4.83. The standard InChI is InChI=1S/C23H23N5OS2/c1-17-7-9-18(10-8-17)21-24-19(15-30-21)16-31-23-26-25-22(27-11-13-29-14-12-27)28(23)20-5-3-2-4-6-20/h2-10,15H,11-14,16H2,1H3. The summed E-state index contributed by atoms with van der Waals surface area (Å²) in [5, 5.41) is 13.1. The van der Waals surface area contributed by atoms with E-state index in [0.29, 0.717) is 13.2 Å². The van der Waals surface area contributed by atoms with Gasteiger partial charge in [0.15, 0.2) is 5.16 Å². The van der Waals surface area contributed by atoms with Crippen molar-refractivity contribution in [1.29, 1.82) is 0 Å². The first-order valence-electron chi connectivity index (χ1n) is 10.3. The Morgan fingerprint density at radius 1 is 1.00 bits per heavy atom. The maximum Gasteiger partial charge on any atom is 0.232 e. The molecule has 158 valence electrons. The van der Waals surface area contributed by atoms with Gasteiger partial charge in [-0.25, -0.2) is 4.98 Å². The maximum atomic E-state index is 5.51. The molecule has 2 aromatic carbocycles. The minimum Gasteiger partial charge on any atom is -0.378 e. The number of aromatic nitrogens is 4. The first-order valence-corrected chi connectivity index (χ1v) is 12.1. The topological polar surface area (TPSA) is 56.1 Å². The Kier molecular flexibility index (Phi) is 6.01. The molecule has 3 heterocycles. The molecule has 2 aromatic heterocycles. The average Bonchev–Trinajstić information content (AvgIpc) is 3.47. The number of nitrogens with zero attached hydrogens (tertiary/aromatic N) is 5. The van der Waals surface area contributed by atoms with Gasteiger partial charge in [-0.15, -0.1) is 21.5 Å². The van der Waals surface area contributed by atoms with E-state index < -0.39 is 0 Å². The van der Waals surface area contributed by atoms with Crippen LogP contribution < -0.4 is 4.90 Å². The van der Waals surface area contributed by atoms with Crippen LogP contribution in [0.25, 0.3) is 16.3 Å². The average molecular weight is 450 g/mol. The number of thiazole rings is 1. The van der Waals surface area contributed by atoms with Crippen LogP contribution in [-0.4, -0.2) is 46.1 Å². The van der Waals surface area contributed by atoms with E-state index in [1.165, 1.54) is 5.56 Å². The van der Waals surface area contributed by atoms with Gasteiger partial charge in [-0.05, 0) is 19.1 Å². The van der Waals surface area contributed by atoms with Gasteiger partial charge in [0.2, 0.25) is 5.95 Å². The molecule has 0 bridgehead atoms. The Bertz CT molecular complexity index is 1130. The second-order valence-corrected chi connectivity index (χ2v) is 9.15. The normalized spacial score (nSPS) is 14.2. The van der Waals surface area contributed by atoms with E-state index in [4.69, 9.17) is 9.72 Å². The molecular formula is C23H23N5OS2. The molecule has 8 heteroatoms. The van der Waals surface area contributed by atoms with E-state index >= 15 is 0 Å². The van der Waals surface area contributed by atoms with Gasteiger partial charge in [0.1, 0.15) is 5.01 Å². The van der Waals surface area contributed by atoms with Gasteiger partial charge in [-0.1, -0.05) is 59.8 Å². The zero-order valence-electron chi connectivity index (χ0n) is 17.3. The van der Waals surface area contributed by atoms with Gasteiger partial charge in [0.05, 0.1) is 24.6 Å². The van der Waals surface area contributed by atoms with Crippen molar-refractivity contribution in [2.75, 3.05) is 31.2 Å². The lowest BCUT2D eigenvalue weighted by Crippen LogP contribution is -2.37. The number of benzene rings is 2. The first-order chi connectivity index (χ1) is 15.3. The van der Waals surface area contributed by atoms with Crippen LogP contribution in [0, 0.1) is 6.92 Å². The van der Waals surface area contributed by atoms with E-state index in [0.717, 1.165) is 51.9 Å². The third kappa shape index (κ3) is 4.51. The third-order valence-electron chi connectivity index (χ3n) is 5.12. The fourth-order valence-electron chi connectivity index (χ4n) is 3.47. The van der Waals surface area contributed by atoms with Crippen LogP contribution >= 0.6 is 23.1 Å². The summed E-state index contributed by atoms with van der Waals surface area (Å²) in [6.45, 7) is 5.17. The molecule has 1 aliphatic heterocycles. The molecule has 0 atom stereocenters. The van der Waals surface area contributed by atoms with Crippen molar-refractivity contribution < 1.29 is 4.74 Å². The van der Waals surface area contributed by atoms with Gasteiger partial charge < -0.3 is 9.64 Å². The van der Waals surface area contributed by atoms with Crippen molar-refractivity contribution in [2.24, 2.45) is 0 Å². The zero-order valence-corrected chi connectivity index (χ0v) is 18.9. The molecule has 31 heavy (non-hydrogen) atoms. The van der Waals surface area contributed by atoms with Gasteiger partial charge in [-0.2, -0.15) is 0 Å². The molecule has 0 amide bonds. The van der Waals surface area contributed by atoms with Crippen LogP contribution in [0.4, 0.5) is 5.95 Å². The Morgan fingerprint density at radius 2 is 1.77 bits per heavy atom. The summed E-state index contributed by atoms with van der Waals surface area (Å²) in [4.78, 5) is 7.08. The molecule has 0 saturated carbocycles. The molecule has 1 saturated heterocycles. The van der Waals surface area contributed by atoms with E-state index in [1.54, 1.807) is 23.1 Å². The highest BCUT2D eigenvalue weighted by atomic mass is 32.2. The Balaban J connectivity index is 1.38. The summed E-state index contributed by atoms with van der Waals surface area (Å²) in [6.07, 6.45) is 0. The largest absolute Gasteiger partial charge is 0.378 e. The predicted molar refractivity (Wildman–Crippen MR) is 126 cm³/mol. The molecule has 0 unspecified atom stereocenters. The molecule has 0 spiro atoms. The highest BCUT2D eigenvalue weighted by Crippen LogP contribution is 2.31. The number of hydrogen-bond acceptors (Lipinski definition) is 7. The van der Waals surface area contributed by atoms with Gasteiger partial charge >= 0.3 is 0 Å². The number of ether oxygens (including phenoxy) is 1. The molecular weight excluding hydrogens is 426 g/mol. The summed E-state index contributed by atoms with van der Waals surface area (Å²) < 4.78 is 7.65.